The molecule has 1 atom stereocenters. The minimum absolute atomic E-state index is 0.0657. The van der Waals surface area contributed by atoms with Gasteiger partial charge < -0.3 is 10.6 Å². The molecule has 0 spiro atoms. The summed E-state index contributed by atoms with van der Waals surface area (Å²) in [6, 6.07) is 2.51. The van der Waals surface area contributed by atoms with Crippen molar-refractivity contribution in [2.45, 2.75) is 19.1 Å². The highest BCUT2D eigenvalue weighted by Crippen LogP contribution is 2.36. The number of nitrogens with one attached hydrogen (secondary N) is 2. The second-order valence-corrected chi connectivity index (χ2v) is 8.94. The molecule has 0 aliphatic rings. The van der Waals surface area contributed by atoms with Gasteiger partial charge in [0.2, 0.25) is 0 Å². The summed E-state index contributed by atoms with van der Waals surface area (Å²) in [7, 11) is 0. The Balaban J connectivity index is 1.46. The molecule has 2 N–H and O–H groups in total. The van der Waals surface area contributed by atoms with Gasteiger partial charge in [-0.3, -0.25) is 9.59 Å². The van der Waals surface area contributed by atoms with Gasteiger partial charge in [-0.1, -0.05) is 11.6 Å². The van der Waals surface area contributed by atoms with E-state index in [4.69, 9.17) is 11.6 Å². The maximum atomic E-state index is 13.0. The molecular formula is C19H12ClF3N6O2S2. The number of fused-ring (bicyclic) bond motifs is 1. The number of nitrogens with zero attached hydrogens (tertiary/aromatic N) is 4. The van der Waals surface area contributed by atoms with E-state index in [0.717, 1.165) is 23.5 Å². The molecule has 33 heavy (non-hydrogen) atoms. The van der Waals surface area contributed by atoms with Gasteiger partial charge in [-0.05, 0) is 25.1 Å². The van der Waals surface area contributed by atoms with Gasteiger partial charge in [0.05, 0.1) is 28.3 Å². The first kappa shape index (κ1) is 23.0. The summed E-state index contributed by atoms with van der Waals surface area (Å²) in [5.74, 6) is -1.13. The topological polar surface area (TPSA) is 110 Å². The van der Waals surface area contributed by atoms with E-state index in [-0.39, 0.29) is 16.3 Å². The van der Waals surface area contributed by atoms with Crippen molar-refractivity contribution in [3.8, 4) is 0 Å². The summed E-state index contributed by atoms with van der Waals surface area (Å²) in [5, 5.41) is 5.09. The average Bonchev–Trinajstić information content (AvgIpc) is 3.43. The smallest absolute Gasteiger partial charge is 0.342 e. The third-order valence-electron chi connectivity index (χ3n) is 4.34. The first-order valence-corrected chi connectivity index (χ1v) is 11.2. The molecule has 2 amide bonds. The van der Waals surface area contributed by atoms with Crippen LogP contribution in [-0.4, -0.2) is 31.8 Å². The highest BCUT2D eigenvalue weighted by Gasteiger charge is 2.33. The fraction of sp³-hybridized carbons (Fsp3) is 0.158. The Morgan fingerprint density at radius 3 is 2.67 bits per heavy atom. The first-order chi connectivity index (χ1) is 15.6. The molecule has 0 bridgehead atoms. The number of anilines is 1. The van der Waals surface area contributed by atoms with E-state index in [1.54, 1.807) is 12.4 Å². The molecule has 3 heterocycles. The van der Waals surface area contributed by atoms with Crippen LogP contribution < -0.4 is 10.6 Å². The lowest BCUT2D eigenvalue weighted by Crippen LogP contribution is -2.27. The molecule has 4 aromatic rings. The van der Waals surface area contributed by atoms with Gasteiger partial charge in [0.25, 0.3) is 11.8 Å². The Hall–Kier alpha value is -3.16. The molecule has 4 rings (SSSR count). The van der Waals surface area contributed by atoms with E-state index < -0.39 is 34.6 Å². The van der Waals surface area contributed by atoms with Crippen molar-refractivity contribution < 1.29 is 22.8 Å². The molecule has 0 radical (unpaired) electrons. The van der Waals surface area contributed by atoms with Crippen molar-refractivity contribution in [2.75, 3.05) is 5.32 Å². The van der Waals surface area contributed by atoms with E-state index in [0.29, 0.717) is 15.4 Å². The van der Waals surface area contributed by atoms with Crippen molar-refractivity contribution in [2.24, 2.45) is 0 Å². The van der Waals surface area contributed by atoms with Crippen molar-refractivity contribution in [3.05, 3.63) is 62.4 Å². The normalized spacial score (nSPS) is 12.5. The summed E-state index contributed by atoms with van der Waals surface area (Å²) < 4.78 is 39.1. The van der Waals surface area contributed by atoms with Crippen LogP contribution in [0.15, 0.2) is 36.2 Å². The lowest BCUT2D eigenvalue weighted by Gasteiger charge is -2.11. The quantitative estimate of drug-likeness (QED) is 0.391. The zero-order valence-electron chi connectivity index (χ0n) is 16.5. The van der Waals surface area contributed by atoms with Crippen LogP contribution >= 0.6 is 34.3 Å². The zero-order chi connectivity index (χ0) is 23.8. The third kappa shape index (κ3) is 4.94. The maximum Gasteiger partial charge on any atom is 0.417 e. The lowest BCUT2D eigenvalue weighted by molar-refractivity contribution is -0.137. The molecule has 3 aromatic heterocycles. The highest BCUT2D eigenvalue weighted by atomic mass is 35.5. The Bertz CT molecular complexity index is 1360. The van der Waals surface area contributed by atoms with Crippen LogP contribution in [0.5, 0.6) is 0 Å². The summed E-state index contributed by atoms with van der Waals surface area (Å²) >= 11 is 7.87. The van der Waals surface area contributed by atoms with Crippen LogP contribution in [0.3, 0.4) is 0 Å². The van der Waals surface area contributed by atoms with E-state index in [1.165, 1.54) is 29.9 Å². The minimum atomic E-state index is -4.66. The molecule has 170 valence electrons. The van der Waals surface area contributed by atoms with E-state index >= 15 is 0 Å². The maximum absolute atomic E-state index is 13.0. The molecule has 0 unspecified atom stereocenters. The van der Waals surface area contributed by atoms with Gasteiger partial charge in [-0.2, -0.15) is 13.2 Å². The fourth-order valence-corrected chi connectivity index (χ4v) is 4.46. The molecule has 0 aliphatic carbocycles. The Kier molecular flexibility index (Phi) is 6.28. The Morgan fingerprint density at radius 2 is 1.91 bits per heavy atom. The first-order valence-electron chi connectivity index (χ1n) is 9.12. The number of thiazole rings is 2. The van der Waals surface area contributed by atoms with Crippen molar-refractivity contribution in [1.29, 1.82) is 0 Å². The summed E-state index contributed by atoms with van der Waals surface area (Å²) in [6.07, 6.45) is -2.11. The predicted octanol–water partition coefficient (Wildman–Crippen LogP) is 4.96. The average molecular weight is 513 g/mol. The minimum Gasteiger partial charge on any atom is -0.342 e. The van der Waals surface area contributed by atoms with Crippen molar-refractivity contribution in [3.63, 3.8) is 0 Å². The number of hydrogen-bond acceptors (Lipinski definition) is 8. The molecule has 0 saturated carbocycles. The zero-order valence-corrected chi connectivity index (χ0v) is 18.9. The SMILES string of the molecule is C[C@H](NC(=O)c1ncnc2scnc12)c1ncc(C(=O)Nc2ccc(Cl)c(C(F)(F)F)c2)s1. The number of benzene rings is 1. The van der Waals surface area contributed by atoms with Crippen molar-refractivity contribution >= 4 is 62.1 Å². The van der Waals surface area contributed by atoms with Gasteiger partial charge >= 0.3 is 6.18 Å². The van der Waals surface area contributed by atoms with E-state index in [9.17, 15) is 22.8 Å². The standard InChI is InChI=1S/C19H12ClF3N6O2S2/c1-8(28-16(31)13-14-18(26-6-25-13)32-7-27-14)17-24-5-12(33-17)15(30)29-9-2-3-11(20)10(4-9)19(21,22)23/h2-8H,1H3,(H,28,31)(H,29,30)/t8-/m0/s1. The van der Waals surface area contributed by atoms with Crippen LogP contribution in [0.2, 0.25) is 5.02 Å². The molecule has 8 nitrogen and oxygen atoms in total. The van der Waals surface area contributed by atoms with Crippen LogP contribution in [0, 0.1) is 0 Å². The lowest BCUT2D eigenvalue weighted by atomic mass is 10.2. The summed E-state index contributed by atoms with van der Waals surface area (Å²) in [6.45, 7) is 1.67. The third-order valence-corrected chi connectivity index (χ3v) is 6.59. The van der Waals surface area contributed by atoms with E-state index in [1.807, 2.05) is 0 Å². The summed E-state index contributed by atoms with van der Waals surface area (Å²) in [4.78, 5) is 42.1. The Labute approximate surface area is 196 Å². The van der Waals surface area contributed by atoms with Crippen LogP contribution in [-0.2, 0) is 6.18 Å². The van der Waals surface area contributed by atoms with Crippen LogP contribution in [0.1, 0.15) is 43.7 Å². The van der Waals surface area contributed by atoms with Gasteiger partial charge in [0.1, 0.15) is 26.6 Å². The van der Waals surface area contributed by atoms with Crippen LogP contribution in [0.4, 0.5) is 18.9 Å². The van der Waals surface area contributed by atoms with Gasteiger partial charge in [0, 0.05) is 5.69 Å². The molecular weight excluding hydrogens is 501 g/mol. The molecule has 0 fully saturated rings. The van der Waals surface area contributed by atoms with Gasteiger partial charge in [0.15, 0.2) is 5.69 Å². The number of aromatic nitrogens is 4. The fourth-order valence-electron chi connectivity index (χ4n) is 2.79. The molecule has 0 saturated heterocycles. The Morgan fingerprint density at radius 1 is 1.12 bits per heavy atom. The number of amides is 2. The number of alkyl halides is 3. The number of rotatable bonds is 5. The highest BCUT2D eigenvalue weighted by molar-refractivity contribution is 7.16. The second-order valence-electron chi connectivity index (χ2n) is 6.63. The molecule has 14 heteroatoms. The molecule has 0 aliphatic heterocycles. The number of carbonyl (C=O) groups is 2. The van der Waals surface area contributed by atoms with Gasteiger partial charge in [-0.25, -0.2) is 19.9 Å². The summed E-state index contributed by atoms with van der Waals surface area (Å²) in [5.41, 5.74) is 0.939. The number of halogens is 4. The van der Waals surface area contributed by atoms with Gasteiger partial charge in [-0.15, -0.1) is 22.7 Å². The number of carbonyl (C=O) groups excluding carboxylic acids is 2. The van der Waals surface area contributed by atoms with Crippen molar-refractivity contribution in [1.82, 2.24) is 25.3 Å². The predicted molar refractivity (Wildman–Crippen MR) is 118 cm³/mol. The largest absolute Gasteiger partial charge is 0.417 e. The monoisotopic (exact) mass is 512 g/mol. The molecule has 1 aromatic carbocycles. The van der Waals surface area contributed by atoms with Crippen LogP contribution in [0.25, 0.3) is 10.3 Å². The number of hydrogen-bond donors (Lipinski definition) is 2. The second kappa shape index (κ2) is 9.00. The van der Waals surface area contributed by atoms with E-state index in [2.05, 4.69) is 30.6 Å².